The standard InChI is InChI=1S/C22H19F5N4O4S/c1-2-36(33,34)16-9-13(20(11-28)6-7-20)10-29-18(16)31-8-5-15-14(19(31)32)3-4-17(30-15)35-12-21(23,24)22(25,26)27/h3-4,9-10H,2,5-8,12H2,1H3. The van der Waals surface area contributed by atoms with Crippen LogP contribution in [0.2, 0.25) is 0 Å². The summed E-state index contributed by atoms with van der Waals surface area (Å²) in [6.07, 6.45) is -3.25. The van der Waals surface area contributed by atoms with Crippen molar-refractivity contribution in [1.29, 1.82) is 5.26 Å². The molecule has 1 saturated carbocycles. The molecule has 0 radical (unpaired) electrons. The molecule has 14 heteroatoms. The minimum Gasteiger partial charge on any atom is -0.471 e. The Bertz CT molecular complexity index is 1370. The van der Waals surface area contributed by atoms with Crippen LogP contribution >= 0.6 is 0 Å². The molecule has 0 atom stereocenters. The number of hydrogen-bond donors (Lipinski definition) is 0. The molecule has 192 valence electrons. The lowest BCUT2D eigenvalue weighted by Gasteiger charge is -2.29. The quantitative estimate of drug-likeness (QED) is 0.503. The largest absolute Gasteiger partial charge is 0.471 e. The summed E-state index contributed by atoms with van der Waals surface area (Å²) in [5.74, 6) is -6.66. The molecule has 1 aliphatic heterocycles. The van der Waals surface area contributed by atoms with Crippen molar-refractivity contribution in [2.45, 2.75) is 48.6 Å². The number of sulfone groups is 1. The number of rotatable bonds is 7. The molecule has 1 aliphatic carbocycles. The number of aromatic nitrogens is 2. The van der Waals surface area contributed by atoms with Gasteiger partial charge in [0.15, 0.2) is 22.3 Å². The van der Waals surface area contributed by atoms with Gasteiger partial charge in [-0.3, -0.25) is 9.69 Å². The Morgan fingerprint density at radius 3 is 2.50 bits per heavy atom. The van der Waals surface area contributed by atoms with Gasteiger partial charge in [-0.1, -0.05) is 6.92 Å². The first-order valence-corrected chi connectivity index (χ1v) is 12.4. The molecule has 36 heavy (non-hydrogen) atoms. The average molecular weight is 530 g/mol. The highest BCUT2D eigenvalue weighted by atomic mass is 32.2. The molecule has 8 nitrogen and oxygen atoms in total. The molecule has 2 aromatic heterocycles. The van der Waals surface area contributed by atoms with Crippen LogP contribution < -0.4 is 9.64 Å². The molecule has 0 spiro atoms. The van der Waals surface area contributed by atoms with Gasteiger partial charge in [0, 0.05) is 25.2 Å². The first kappa shape index (κ1) is 25.7. The Labute approximate surface area is 202 Å². The summed E-state index contributed by atoms with van der Waals surface area (Å²) in [5, 5.41) is 9.47. The lowest BCUT2D eigenvalue weighted by Crippen LogP contribution is -2.42. The summed E-state index contributed by atoms with van der Waals surface area (Å²) < 4.78 is 93.5. The molecular formula is C22H19F5N4O4S. The van der Waals surface area contributed by atoms with Crippen molar-refractivity contribution in [2.75, 3.05) is 23.8 Å². The zero-order chi connectivity index (χ0) is 26.5. The number of nitriles is 1. The highest BCUT2D eigenvalue weighted by molar-refractivity contribution is 7.91. The van der Waals surface area contributed by atoms with Crippen molar-refractivity contribution < 1.29 is 39.9 Å². The maximum atomic E-state index is 13.2. The number of carbonyl (C=O) groups excluding carboxylic acids is 1. The molecule has 3 heterocycles. The molecule has 1 amide bonds. The highest BCUT2D eigenvalue weighted by Gasteiger charge is 2.58. The van der Waals surface area contributed by atoms with E-state index in [4.69, 9.17) is 0 Å². The van der Waals surface area contributed by atoms with Gasteiger partial charge in [-0.15, -0.1) is 0 Å². The fourth-order valence-electron chi connectivity index (χ4n) is 3.74. The molecule has 0 saturated heterocycles. The predicted octanol–water partition coefficient (Wildman–Crippen LogP) is 3.60. The second-order valence-electron chi connectivity index (χ2n) is 8.48. The Morgan fingerprint density at radius 2 is 1.92 bits per heavy atom. The van der Waals surface area contributed by atoms with E-state index in [-0.39, 0.29) is 40.7 Å². The predicted molar refractivity (Wildman–Crippen MR) is 115 cm³/mol. The summed E-state index contributed by atoms with van der Waals surface area (Å²) in [7, 11) is -3.85. The second kappa shape index (κ2) is 8.65. The van der Waals surface area contributed by atoms with Crippen molar-refractivity contribution in [3.8, 4) is 11.9 Å². The molecule has 0 unspecified atom stereocenters. The van der Waals surface area contributed by atoms with Crippen molar-refractivity contribution in [3.05, 3.63) is 41.2 Å². The number of fused-ring (bicyclic) bond motifs is 1. The lowest BCUT2D eigenvalue weighted by molar-refractivity contribution is -0.290. The van der Waals surface area contributed by atoms with Crippen LogP contribution in [0.1, 0.15) is 41.4 Å². The zero-order valence-corrected chi connectivity index (χ0v) is 19.6. The molecule has 0 N–H and O–H groups in total. The Balaban J connectivity index is 1.63. The number of alkyl halides is 5. The fourth-order valence-corrected chi connectivity index (χ4v) is 4.79. The number of halogens is 5. The van der Waals surface area contributed by atoms with E-state index in [0.717, 1.165) is 17.0 Å². The Morgan fingerprint density at radius 1 is 1.22 bits per heavy atom. The Hall–Kier alpha value is -3.34. The van der Waals surface area contributed by atoms with Gasteiger partial charge in [0.2, 0.25) is 5.88 Å². The summed E-state index contributed by atoms with van der Waals surface area (Å²) >= 11 is 0. The molecular weight excluding hydrogens is 511 g/mol. The van der Waals surface area contributed by atoms with Crippen molar-refractivity contribution >= 4 is 21.6 Å². The van der Waals surface area contributed by atoms with Gasteiger partial charge in [-0.25, -0.2) is 18.4 Å². The van der Waals surface area contributed by atoms with Crippen LogP contribution in [0.25, 0.3) is 0 Å². The zero-order valence-electron chi connectivity index (χ0n) is 18.8. The fraction of sp³-hybridized carbons (Fsp3) is 0.455. The van der Waals surface area contributed by atoms with E-state index >= 15 is 0 Å². The number of ether oxygens (including phenoxy) is 1. The van der Waals surface area contributed by atoms with Crippen molar-refractivity contribution in [1.82, 2.24) is 9.97 Å². The van der Waals surface area contributed by atoms with E-state index in [1.54, 1.807) is 0 Å². The van der Waals surface area contributed by atoms with E-state index in [1.807, 2.05) is 0 Å². The lowest BCUT2D eigenvalue weighted by atomic mass is 9.99. The Kier molecular flexibility index (Phi) is 6.19. The molecule has 2 aliphatic rings. The van der Waals surface area contributed by atoms with Crippen LogP contribution in [-0.2, 0) is 21.7 Å². The first-order chi connectivity index (χ1) is 16.7. The van der Waals surface area contributed by atoms with Gasteiger partial charge in [-0.2, -0.15) is 27.2 Å². The van der Waals surface area contributed by atoms with Crippen LogP contribution in [0, 0.1) is 11.3 Å². The van der Waals surface area contributed by atoms with Crippen LogP contribution in [0.4, 0.5) is 27.8 Å². The van der Waals surface area contributed by atoms with Gasteiger partial charge >= 0.3 is 12.1 Å². The number of hydrogen-bond acceptors (Lipinski definition) is 7. The average Bonchev–Trinajstić information content (AvgIpc) is 3.63. The van der Waals surface area contributed by atoms with Crippen LogP contribution in [0.3, 0.4) is 0 Å². The smallest absolute Gasteiger partial charge is 0.456 e. The normalized spacial score (nSPS) is 17.4. The highest BCUT2D eigenvalue weighted by Crippen LogP contribution is 2.48. The maximum Gasteiger partial charge on any atom is 0.456 e. The summed E-state index contributed by atoms with van der Waals surface area (Å²) in [4.78, 5) is 22.2. The van der Waals surface area contributed by atoms with Gasteiger partial charge in [-0.05, 0) is 30.5 Å². The second-order valence-corrected chi connectivity index (χ2v) is 10.7. The number of amides is 1. The van der Waals surface area contributed by atoms with Gasteiger partial charge in [0.05, 0.1) is 28.5 Å². The molecule has 0 aromatic carbocycles. The summed E-state index contributed by atoms with van der Waals surface area (Å²) in [6, 6.07) is 5.69. The topological polar surface area (TPSA) is 113 Å². The number of nitrogens with zero attached hydrogens (tertiary/aromatic N) is 4. The van der Waals surface area contributed by atoms with Crippen LogP contribution in [0.5, 0.6) is 5.88 Å². The number of carbonyl (C=O) groups is 1. The minimum atomic E-state index is -5.79. The van der Waals surface area contributed by atoms with E-state index < -0.39 is 45.7 Å². The molecule has 4 rings (SSSR count). The third-order valence-electron chi connectivity index (χ3n) is 6.13. The van der Waals surface area contributed by atoms with Crippen LogP contribution in [-0.4, -0.2) is 55.3 Å². The van der Waals surface area contributed by atoms with Gasteiger partial charge < -0.3 is 4.74 Å². The molecule has 0 bridgehead atoms. The van der Waals surface area contributed by atoms with Crippen molar-refractivity contribution in [3.63, 3.8) is 0 Å². The van der Waals surface area contributed by atoms with Crippen LogP contribution in [0.15, 0.2) is 29.3 Å². The van der Waals surface area contributed by atoms with Gasteiger partial charge in [0.25, 0.3) is 5.91 Å². The molecule has 2 aromatic rings. The minimum absolute atomic E-state index is 0.00223. The third kappa shape index (κ3) is 4.47. The van der Waals surface area contributed by atoms with Crippen molar-refractivity contribution in [2.24, 2.45) is 0 Å². The van der Waals surface area contributed by atoms with E-state index in [9.17, 15) is 40.4 Å². The monoisotopic (exact) mass is 530 g/mol. The van der Waals surface area contributed by atoms with Gasteiger partial charge in [0.1, 0.15) is 4.90 Å². The maximum absolute atomic E-state index is 13.2. The van der Waals surface area contributed by atoms with E-state index in [0.29, 0.717) is 18.4 Å². The number of pyridine rings is 2. The first-order valence-electron chi connectivity index (χ1n) is 10.8. The molecule has 1 fully saturated rings. The van der Waals surface area contributed by atoms with E-state index in [1.165, 1.54) is 19.2 Å². The summed E-state index contributed by atoms with van der Waals surface area (Å²) in [5.41, 5.74) is -0.255. The van der Waals surface area contributed by atoms with E-state index in [2.05, 4.69) is 20.8 Å². The SMILES string of the molecule is CCS(=O)(=O)c1cc(C2(C#N)CC2)cnc1N1CCc2nc(OCC(F)(F)C(F)(F)F)ccc2C1=O. The third-order valence-corrected chi connectivity index (χ3v) is 7.86. The summed E-state index contributed by atoms with van der Waals surface area (Å²) in [6.45, 7) is -0.617. The number of anilines is 1.